The van der Waals surface area contributed by atoms with E-state index in [-0.39, 0.29) is 18.0 Å². The largest absolute Gasteiger partial charge is 0.347 e. The number of hydrogen-bond acceptors (Lipinski definition) is 5. The van der Waals surface area contributed by atoms with Crippen molar-refractivity contribution < 1.29 is 9.32 Å². The molecule has 2 rings (SSSR count). The first-order valence-corrected chi connectivity index (χ1v) is 7.33. The maximum atomic E-state index is 11.9. The van der Waals surface area contributed by atoms with Crippen LogP contribution in [-0.4, -0.2) is 41.1 Å². The molecule has 0 unspecified atom stereocenters. The Kier molecular flexibility index (Phi) is 5.15. The van der Waals surface area contributed by atoms with E-state index >= 15 is 0 Å². The summed E-state index contributed by atoms with van der Waals surface area (Å²) >= 11 is 5.85. The van der Waals surface area contributed by atoms with Crippen molar-refractivity contribution >= 4 is 17.5 Å². The lowest BCUT2D eigenvalue weighted by molar-refractivity contribution is -0.130. The summed E-state index contributed by atoms with van der Waals surface area (Å²) in [6.45, 7) is 3.69. The SMILES string of the molecule is C[C@H](N[C@@H](C)c1noc(-c2ccc(Cl)cc2)n1)C(=O)N(C)C. The molecule has 22 heavy (non-hydrogen) atoms. The molecule has 0 aliphatic carbocycles. The topological polar surface area (TPSA) is 71.3 Å². The highest BCUT2D eigenvalue weighted by atomic mass is 35.5. The van der Waals surface area contributed by atoms with Gasteiger partial charge in [-0.3, -0.25) is 10.1 Å². The Morgan fingerprint density at radius 2 is 1.91 bits per heavy atom. The molecule has 1 N–H and O–H groups in total. The zero-order chi connectivity index (χ0) is 16.3. The van der Waals surface area contributed by atoms with Crippen molar-refractivity contribution in [3.63, 3.8) is 0 Å². The van der Waals surface area contributed by atoms with Crippen LogP contribution in [0.5, 0.6) is 0 Å². The summed E-state index contributed by atoms with van der Waals surface area (Å²) in [5, 5.41) is 7.77. The molecule has 0 radical (unpaired) electrons. The number of nitrogens with zero attached hydrogens (tertiary/aromatic N) is 3. The Labute approximate surface area is 134 Å². The van der Waals surface area contributed by atoms with Gasteiger partial charge in [0, 0.05) is 24.7 Å². The van der Waals surface area contributed by atoms with Crippen LogP contribution >= 0.6 is 11.6 Å². The van der Waals surface area contributed by atoms with Gasteiger partial charge in [-0.25, -0.2) is 0 Å². The first kappa shape index (κ1) is 16.5. The Morgan fingerprint density at radius 1 is 1.27 bits per heavy atom. The molecule has 0 aliphatic rings. The van der Waals surface area contributed by atoms with E-state index in [1.165, 1.54) is 0 Å². The van der Waals surface area contributed by atoms with Crippen molar-refractivity contribution in [3.8, 4) is 11.5 Å². The third kappa shape index (κ3) is 3.84. The fourth-order valence-electron chi connectivity index (χ4n) is 2.03. The number of carbonyl (C=O) groups is 1. The summed E-state index contributed by atoms with van der Waals surface area (Å²) in [5.74, 6) is 0.920. The van der Waals surface area contributed by atoms with Crippen molar-refractivity contribution in [2.75, 3.05) is 14.1 Å². The zero-order valence-electron chi connectivity index (χ0n) is 13.0. The van der Waals surface area contributed by atoms with Crippen LogP contribution < -0.4 is 5.32 Å². The third-order valence-corrected chi connectivity index (χ3v) is 3.48. The van der Waals surface area contributed by atoms with E-state index < -0.39 is 0 Å². The first-order chi connectivity index (χ1) is 10.4. The van der Waals surface area contributed by atoms with Gasteiger partial charge in [0.25, 0.3) is 5.89 Å². The summed E-state index contributed by atoms with van der Waals surface area (Å²) in [5.41, 5.74) is 0.799. The predicted octanol–water partition coefficient (Wildman–Crippen LogP) is 2.52. The van der Waals surface area contributed by atoms with Crippen LogP contribution in [-0.2, 0) is 4.79 Å². The third-order valence-electron chi connectivity index (χ3n) is 3.23. The van der Waals surface area contributed by atoms with Crippen LogP contribution in [0.3, 0.4) is 0 Å². The summed E-state index contributed by atoms with van der Waals surface area (Å²) in [4.78, 5) is 17.8. The molecule has 0 aliphatic heterocycles. The molecule has 118 valence electrons. The molecule has 0 bridgehead atoms. The van der Waals surface area contributed by atoms with Crippen molar-refractivity contribution in [3.05, 3.63) is 35.1 Å². The second-order valence-electron chi connectivity index (χ2n) is 5.31. The minimum absolute atomic E-state index is 0.00623. The lowest BCUT2D eigenvalue weighted by Crippen LogP contribution is -2.42. The Balaban J connectivity index is 2.07. The van der Waals surface area contributed by atoms with Gasteiger partial charge in [-0.1, -0.05) is 16.8 Å². The van der Waals surface area contributed by atoms with E-state index in [2.05, 4.69) is 15.5 Å². The maximum absolute atomic E-state index is 11.9. The van der Waals surface area contributed by atoms with Gasteiger partial charge in [0.2, 0.25) is 5.91 Å². The van der Waals surface area contributed by atoms with Crippen LogP contribution in [0.25, 0.3) is 11.5 Å². The fourth-order valence-corrected chi connectivity index (χ4v) is 2.15. The van der Waals surface area contributed by atoms with E-state index in [1.54, 1.807) is 38.1 Å². The number of aromatic nitrogens is 2. The average Bonchev–Trinajstić information content (AvgIpc) is 2.96. The second-order valence-corrected chi connectivity index (χ2v) is 5.74. The molecule has 1 amide bonds. The van der Waals surface area contributed by atoms with Gasteiger partial charge < -0.3 is 9.42 Å². The molecule has 0 saturated heterocycles. The summed E-state index contributed by atoms with van der Waals surface area (Å²) < 4.78 is 5.26. The minimum atomic E-state index is -0.331. The Bertz CT molecular complexity index is 639. The van der Waals surface area contributed by atoms with Gasteiger partial charge in [0.05, 0.1) is 12.1 Å². The number of hydrogen-bond donors (Lipinski definition) is 1. The predicted molar refractivity (Wildman–Crippen MR) is 84.5 cm³/mol. The van der Waals surface area contributed by atoms with E-state index in [0.29, 0.717) is 16.7 Å². The molecular formula is C15H19ClN4O2. The summed E-state index contributed by atoms with van der Waals surface area (Å²) in [7, 11) is 3.44. The highest BCUT2D eigenvalue weighted by Crippen LogP contribution is 2.21. The molecule has 0 spiro atoms. The van der Waals surface area contributed by atoms with Gasteiger partial charge in [-0.15, -0.1) is 0 Å². The number of amides is 1. The highest BCUT2D eigenvalue weighted by molar-refractivity contribution is 6.30. The van der Waals surface area contributed by atoms with Crippen LogP contribution in [0.15, 0.2) is 28.8 Å². The van der Waals surface area contributed by atoms with E-state index in [9.17, 15) is 4.79 Å². The summed E-state index contributed by atoms with van der Waals surface area (Å²) in [6.07, 6.45) is 0. The smallest absolute Gasteiger partial charge is 0.257 e. The van der Waals surface area contributed by atoms with E-state index in [0.717, 1.165) is 5.56 Å². The fraction of sp³-hybridized carbons (Fsp3) is 0.400. The van der Waals surface area contributed by atoms with Crippen molar-refractivity contribution in [2.24, 2.45) is 0 Å². The Morgan fingerprint density at radius 3 is 2.50 bits per heavy atom. The number of halogens is 1. The van der Waals surface area contributed by atoms with E-state index in [4.69, 9.17) is 16.1 Å². The summed E-state index contributed by atoms with van der Waals surface area (Å²) in [6, 6.07) is 6.62. The van der Waals surface area contributed by atoms with Gasteiger partial charge in [-0.05, 0) is 38.1 Å². The first-order valence-electron chi connectivity index (χ1n) is 6.95. The van der Waals surface area contributed by atoms with Crippen molar-refractivity contribution in [2.45, 2.75) is 25.9 Å². The van der Waals surface area contributed by atoms with E-state index in [1.807, 2.05) is 19.1 Å². The molecule has 2 aromatic rings. The van der Waals surface area contributed by atoms with Crippen LogP contribution in [0.2, 0.25) is 5.02 Å². The molecular weight excluding hydrogens is 304 g/mol. The maximum Gasteiger partial charge on any atom is 0.257 e. The molecule has 1 heterocycles. The molecule has 7 heteroatoms. The minimum Gasteiger partial charge on any atom is -0.347 e. The monoisotopic (exact) mass is 322 g/mol. The quantitative estimate of drug-likeness (QED) is 0.915. The van der Waals surface area contributed by atoms with Crippen LogP contribution in [0, 0.1) is 0 Å². The van der Waals surface area contributed by atoms with Gasteiger partial charge in [0.15, 0.2) is 5.82 Å². The molecule has 1 aromatic carbocycles. The number of rotatable bonds is 5. The molecule has 0 fully saturated rings. The van der Waals surface area contributed by atoms with Crippen LogP contribution in [0.4, 0.5) is 0 Å². The molecule has 2 atom stereocenters. The average molecular weight is 323 g/mol. The molecule has 6 nitrogen and oxygen atoms in total. The second kappa shape index (κ2) is 6.89. The Hall–Kier alpha value is -1.92. The standard InChI is InChI=1S/C15H19ClN4O2/c1-9(17-10(2)15(21)20(3)4)13-18-14(22-19-13)11-5-7-12(16)8-6-11/h5-10,17H,1-4H3/t9-,10-/m0/s1. The molecule has 0 saturated carbocycles. The number of nitrogens with one attached hydrogen (secondary N) is 1. The van der Waals surface area contributed by atoms with Crippen molar-refractivity contribution in [1.29, 1.82) is 0 Å². The number of benzene rings is 1. The van der Waals surface area contributed by atoms with Crippen LogP contribution in [0.1, 0.15) is 25.7 Å². The lowest BCUT2D eigenvalue weighted by atomic mass is 10.2. The number of likely N-dealkylation sites (N-methyl/N-ethyl adjacent to an activating group) is 1. The normalized spacial score (nSPS) is 13.7. The zero-order valence-corrected chi connectivity index (χ0v) is 13.8. The highest BCUT2D eigenvalue weighted by Gasteiger charge is 2.21. The van der Waals surface area contributed by atoms with Crippen molar-refractivity contribution in [1.82, 2.24) is 20.4 Å². The number of carbonyl (C=O) groups excluding carboxylic acids is 1. The lowest BCUT2D eigenvalue weighted by Gasteiger charge is -2.20. The van der Waals surface area contributed by atoms with Gasteiger partial charge >= 0.3 is 0 Å². The van der Waals surface area contributed by atoms with Gasteiger partial charge in [0.1, 0.15) is 0 Å². The molecule has 1 aromatic heterocycles. The van der Waals surface area contributed by atoms with Gasteiger partial charge in [-0.2, -0.15) is 4.98 Å².